The molecule has 2 aliphatic carbocycles. The van der Waals surface area contributed by atoms with Crippen LogP contribution in [0.15, 0.2) is 0 Å². The molecule has 2 saturated carbocycles. The van der Waals surface area contributed by atoms with Crippen LogP contribution in [0.3, 0.4) is 0 Å². The lowest BCUT2D eigenvalue weighted by molar-refractivity contribution is -0.125. The molecule has 18 heavy (non-hydrogen) atoms. The summed E-state index contributed by atoms with van der Waals surface area (Å²) >= 11 is 0. The second-order valence-corrected chi connectivity index (χ2v) is 6.56. The number of rotatable bonds is 4. The summed E-state index contributed by atoms with van der Waals surface area (Å²) in [6.07, 6.45) is 9.26. The molecule has 0 radical (unpaired) electrons. The van der Waals surface area contributed by atoms with Crippen LogP contribution in [-0.2, 0) is 4.79 Å². The van der Waals surface area contributed by atoms with E-state index in [1.165, 1.54) is 32.1 Å². The fraction of sp³-hybridized carbons (Fsp3) is 0.933. The summed E-state index contributed by atoms with van der Waals surface area (Å²) < 4.78 is 0. The van der Waals surface area contributed by atoms with Crippen molar-refractivity contribution in [3.05, 3.63) is 0 Å². The van der Waals surface area contributed by atoms with Gasteiger partial charge in [0.25, 0.3) is 0 Å². The monoisotopic (exact) mass is 250 g/mol. The summed E-state index contributed by atoms with van der Waals surface area (Å²) in [5.41, 5.74) is 0. The second kappa shape index (κ2) is 5.60. The largest absolute Gasteiger partial charge is 0.356 e. The molecule has 3 aliphatic rings. The van der Waals surface area contributed by atoms with Gasteiger partial charge in [-0.3, -0.25) is 4.79 Å². The predicted molar refractivity (Wildman–Crippen MR) is 72.2 cm³/mol. The summed E-state index contributed by atoms with van der Waals surface area (Å²) in [4.78, 5) is 12.0. The average Bonchev–Trinajstić information content (AvgIpc) is 3.02. The molecule has 1 saturated heterocycles. The Kier molecular flexibility index (Phi) is 3.88. The minimum atomic E-state index is 0.221. The van der Waals surface area contributed by atoms with Crippen LogP contribution in [0.25, 0.3) is 0 Å². The van der Waals surface area contributed by atoms with Crippen molar-refractivity contribution >= 4 is 5.91 Å². The van der Waals surface area contributed by atoms with Crippen molar-refractivity contribution in [2.24, 2.45) is 23.7 Å². The highest BCUT2D eigenvalue weighted by Gasteiger charge is 2.38. The number of carbonyl (C=O) groups is 1. The molecule has 1 heterocycles. The molecule has 0 aromatic heterocycles. The molecule has 4 unspecified atom stereocenters. The van der Waals surface area contributed by atoms with Gasteiger partial charge in [-0.2, -0.15) is 0 Å². The van der Waals surface area contributed by atoms with Gasteiger partial charge in [0.15, 0.2) is 0 Å². The third-order valence-electron chi connectivity index (χ3n) is 5.37. The average molecular weight is 250 g/mol. The van der Waals surface area contributed by atoms with Crippen LogP contribution in [0.1, 0.15) is 44.9 Å². The molecule has 0 aromatic carbocycles. The number of amides is 1. The Hall–Kier alpha value is -0.570. The molecule has 1 aliphatic heterocycles. The zero-order chi connectivity index (χ0) is 12.4. The summed E-state index contributed by atoms with van der Waals surface area (Å²) in [5, 5.41) is 6.47. The molecule has 3 nitrogen and oxygen atoms in total. The maximum atomic E-state index is 12.0. The van der Waals surface area contributed by atoms with E-state index in [0.29, 0.717) is 0 Å². The SMILES string of the molecule is O=C(NCCC1CC2CCC1C2)C1CCCNC1. The molecular formula is C15H26N2O. The zero-order valence-corrected chi connectivity index (χ0v) is 11.3. The van der Waals surface area contributed by atoms with Gasteiger partial charge in [-0.1, -0.05) is 6.42 Å². The van der Waals surface area contributed by atoms with Gasteiger partial charge in [-0.25, -0.2) is 0 Å². The standard InChI is InChI=1S/C15H26N2O/c18-15(14-2-1-6-16-10-14)17-7-5-13-9-11-3-4-12(13)8-11/h11-14,16H,1-10H2,(H,17,18). The molecule has 1 amide bonds. The molecule has 0 spiro atoms. The van der Waals surface area contributed by atoms with E-state index < -0.39 is 0 Å². The van der Waals surface area contributed by atoms with Crippen molar-refractivity contribution in [2.75, 3.05) is 19.6 Å². The van der Waals surface area contributed by atoms with Crippen LogP contribution in [0.5, 0.6) is 0 Å². The Morgan fingerprint density at radius 3 is 2.83 bits per heavy atom. The molecule has 0 aromatic rings. The van der Waals surface area contributed by atoms with Crippen LogP contribution in [0.4, 0.5) is 0 Å². The van der Waals surface area contributed by atoms with Crippen molar-refractivity contribution in [2.45, 2.75) is 44.9 Å². The zero-order valence-electron chi connectivity index (χ0n) is 11.3. The molecule has 4 atom stereocenters. The Bertz CT molecular complexity index is 299. The van der Waals surface area contributed by atoms with Crippen molar-refractivity contribution in [1.29, 1.82) is 0 Å². The van der Waals surface area contributed by atoms with Crippen molar-refractivity contribution in [3.8, 4) is 0 Å². The van der Waals surface area contributed by atoms with E-state index >= 15 is 0 Å². The quantitative estimate of drug-likeness (QED) is 0.800. The Morgan fingerprint density at radius 2 is 2.17 bits per heavy atom. The van der Waals surface area contributed by atoms with E-state index in [2.05, 4.69) is 10.6 Å². The maximum Gasteiger partial charge on any atom is 0.224 e. The molecule has 3 fully saturated rings. The minimum absolute atomic E-state index is 0.221. The van der Waals surface area contributed by atoms with Gasteiger partial charge in [0, 0.05) is 13.1 Å². The highest BCUT2D eigenvalue weighted by Crippen LogP contribution is 2.49. The van der Waals surface area contributed by atoms with E-state index in [1.54, 1.807) is 0 Å². The summed E-state index contributed by atoms with van der Waals surface area (Å²) in [5.74, 6) is 3.43. The van der Waals surface area contributed by atoms with Gasteiger partial charge in [-0.15, -0.1) is 0 Å². The first-order valence-electron chi connectivity index (χ1n) is 7.81. The van der Waals surface area contributed by atoms with Crippen molar-refractivity contribution < 1.29 is 4.79 Å². The van der Waals surface area contributed by atoms with E-state index in [4.69, 9.17) is 0 Å². The number of fused-ring (bicyclic) bond motifs is 2. The van der Waals surface area contributed by atoms with Crippen LogP contribution < -0.4 is 10.6 Å². The first-order valence-corrected chi connectivity index (χ1v) is 7.81. The smallest absolute Gasteiger partial charge is 0.224 e. The van der Waals surface area contributed by atoms with Gasteiger partial charge in [0.05, 0.1) is 5.92 Å². The molecule has 3 rings (SSSR count). The van der Waals surface area contributed by atoms with Crippen LogP contribution in [0, 0.1) is 23.7 Å². The highest BCUT2D eigenvalue weighted by atomic mass is 16.1. The first-order chi connectivity index (χ1) is 8.83. The third-order valence-corrected chi connectivity index (χ3v) is 5.37. The van der Waals surface area contributed by atoms with Gasteiger partial charge in [0.2, 0.25) is 5.91 Å². The topological polar surface area (TPSA) is 41.1 Å². The van der Waals surface area contributed by atoms with Crippen molar-refractivity contribution in [3.63, 3.8) is 0 Å². The lowest BCUT2D eigenvalue weighted by Gasteiger charge is -2.24. The summed E-state index contributed by atoms with van der Waals surface area (Å²) in [6.45, 7) is 2.86. The van der Waals surface area contributed by atoms with E-state index in [-0.39, 0.29) is 11.8 Å². The fourth-order valence-electron chi connectivity index (χ4n) is 4.33. The van der Waals surface area contributed by atoms with Crippen LogP contribution in [0.2, 0.25) is 0 Å². The number of hydrogen-bond donors (Lipinski definition) is 2. The number of piperidine rings is 1. The second-order valence-electron chi connectivity index (χ2n) is 6.56. The predicted octanol–water partition coefficient (Wildman–Crippen LogP) is 1.93. The summed E-state index contributed by atoms with van der Waals surface area (Å²) in [7, 11) is 0. The van der Waals surface area contributed by atoms with Gasteiger partial charge in [0.1, 0.15) is 0 Å². The third kappa shape index (κ3) is 2.71. The first kappa shape index (κ1) is 12.5. The molecule has 3 heteroatoms. The van der Waals surface area contributed by atoms with E-state index in [0.717, 1.165) is 50.2 Å². The Labute approximate surface area is 110 Å². The molecular weight excluding hydrogens is 224 g/mol. The van der Waals surface area contributed by atoms with Gasteiger partial charge < -0.3 is 10.6 Å². The van der Waals surface area contributed by atoms with Gasteiger partial charge >= 0.3 is 0 Å². The lowest BCUT2D eigenvalue weighted by atomic mass is 9.86. The number of carbonyl (C=O) groups excluding carboxylic acids is 1. The molecule has 102 valence electrons. The lowest BCUT2D eigenvalue weighted by Crippen LogP contribution is -2.41. The minimum Gasteiger partial charge on any atom is -0.356 e. The molecule has 2 bridgehead atoms. The van der Waals surface area contributed by atoms with E-state index in [9.17, 15) is 4.79 Å². The Morgan fingerprint density at radius 1 is 1.22 bits per heavy atom. The van der Waals surface area contributed by atoms with Crippen LogP contribution in [-0.4, -0.2) is 25.5 Å². The van der Waals surface area contributed by atoms with Gasteiger partial charge in [-0.05, 0) is 62.8 Å². The summed E-state index contributed by atoms with van der Waals surface area (Å²) in [6, 6.07) is 0. The normalized spacial score (nSPS) is 38.9. The van der Waals surface area contributed by atoms with Crippen LogP contribution >= 0.6 is 0 Å². The fourth-order valence-corrected chi connectivity index (χ4v) is 4.33. The number of hydrogen-bond acceptors (Lipinski definition) is 2. The highest BCUT2D eigenvalue weighted by molar-refractivity contribution is 5.78. The van der Waals surface area contributed by atoms with Crippen molar-refractivity contribution in [1.82, 2.24) is 10.6 Å². The Balaban J connectivity index is 1.35. The van der Waals surface area contributed by atoms with E-state index in [1.807, 2.05) is 0 Å². The maximum absolute atomic E-state index is 12.0. The number of nitrogens with one attached hydrogen (secondary N) is 2. The molecule has 2 N–H and O–H groups in total.